The number of amides is 1. The summed E-state index contributed by atoms with van der Waals surface area (Å²) < 4.78 is 7.48. The van der Waals surface area contributed by atoms with Crippen LogP contribution in [0.5, 0.6) is 0 Å². The Morgan fingerprint density at radius 1 is 1.25 bits per heavy atom. The van der Waals surface area contributed by atoms with Crippen molar-refractivity contribution in [3.05, 3.63) is 63.8 Å². The number of carbonyl (C=O) groups is 1. The highest BCUT2D eigenvalue weighted by atomic mass is 16.5. The Balaban J connectivity index is 1.35. The number of fused-ring (bicyclic) bond motifs is 1. The summed E-state index contributed by atoms with van der Waals surface area (Å²) >= 11 is 0. The first-order valence-corrected chi connectivity index (χ1v) is 9.74. The van der Waals surface area contributed by atoms with E-state index < -0.39 is 0 Å². The first kappa shape index (κ1) is 18.8. The molecule has 148 valence electrons. The summed E-state index contributed by atoms with van der Waals surface area (Å²) in [5, 5.41) is 3.08. The van der Waals surface area contributed by atoms with Crippen LogP contribution in [0, 0.1) is 13.8 Å². The normalized spacial score (nSPS) is 24.7. The lowest BCUT2D eigenvalue weighted by molar-refractivity contribution is -0.122. The molecule has 2 aliphatic rings. The van der Waals surface area contributed by atoms with Crippen LogP contribution < -0.4 is 11.0 Å². The Bertz CT molecular complexity index is 912. The summed E-state index contributed by atoms with van der Waals surface area (Å²) in [5.41, 5.74) is 2.22. The van der Waals surface area contributed by atoms with Crippen LogP contribution >= 0.6 is 0 Å². The molecule has 2 saturated heterocycles. The van der Waals surface area contributed by atoms with Gasteiger partial charge >= 0.3 is 5.69 Å². The van der Waals surface area contributed by atoms with E-state index in [1.165, 1.54) is 10.1 Å². The summed E-state index contributed by atoms with van der Waals surface area (Å²) in [5.74, 6) is -0.152. The second-order valence-electron chi connectivity index (χ2n) is 7.75. The standard InChI is InChI=1S/C21H26N4O3/c1-14-8-15(2)25(21(27)22-14)12-20(26)23-17-9-18-13-28-19(11-24(18)10-17)16-6-4-3-5-7-16/h3-8,17-19H,9-13H2,1-2H3,(H,23,26)/t17-,18-,19+/m0/s1. The molecule has 1 aromatic carbocycles. The molecule has 1 amide bonds. The highest BCUT2D eigenvalue weighted by molar-refractivity contribution is 5.76. The van der Waals surface area contributed by atoms with Gasteiger partial charge < -0.3 is 10.1 Å². The zero-order chi connectivity index (χ0) is 19.7. The molecule has 1 N–H and O–H groups in total. The van der Waals surface area contributed by atoms with Gasteiger partial charge in [-0.3, -0.25) is 14.3 Å². The number of aromatic nitrogens is 2. The number of carbonyl (C=O) groups excluding carboxylic acids is 1. The maximum atomic E-state index is 12.5. The zero-order valence-electron chi connectivity index (χ0n) is 16.3. The maximum Gasteiger partial charge on any atom is 0.348 e. The van der Waals surface area contributed by atoms with Gasteiger partial charge in [-0.2, -0.15) is 4.98 Å². The predicted molar refractivity (Wildman–Crippen MR) is 105 cm³/mol. The van der Waals surface area contributed by atoms with E-state index in [4.69, 9.17) is 4.74 Å². The fourth-order valence-electron chi connectivity index (χ4n) is 4.23. The molecule has 1 aromatic heterocycles. The van der Waals surface area contributed by atoms with Crippen molar-refractivity contribution in [1.82, 2.24) is 19.8 Å². The van der Waals surface area contributed by atoms with E-state index in [0.29, 0.717) is 18.3 Å². The van der Waals surface area contributed by atoms with Crippen LogP contribution in [-0.4, -0.2) is 52.1 Å². The lowest BCUT2D eigenvalue weighted by Crippen LogP contribution is -2.43. The lowest BCUT2D eigenvalue weighted by atomic mass is 10.1. The molecule has 2 fully saturated rings. The molecule has 2 aromatic rings. The highest BCUT2D eigenvalue weighted by Crippen LogP contribution is 2.30. The van der Waals surface area contributed by atoms with Crippen LogP contribution in [0.1, 0.15) is 29.5 Å². The van der Waals surface area contributed by atoms with Gasteiger partial charge in [-0.15, -0.1) is 0 Å². The molecule has 3 atom stereocenters. The Hall–Kier alpha value is -2.51. The molecule has 0 aliphatic carbocycles. The van der Waals surface area contributed by atoms with Crippen LogP contribution in [0.25, 0.3) is 0 Å². The van der Waals surface area contributed by atoms with Gasteiger partial charge in [0.25, 0.3) is 0 Å². The van der Waals surface area contributed by atoms with Gasteiger partial charge in [-0.25, -0.2) is 4.79 Å². The Morgan fingerprint density at radius 2 is 2.04 bits per heavy atom. The van der Waals surface area contributed by atoms with Crippen LogP contribution in [0.3, 0.4) is 0 Å². The summed E-state index contributed by atoms with van der Waals surface area (Å²) in [6.07, 6.45) is 0.944. The molecular formula is C21H26N4O3. The quantitative estimate of drug-likeness (QED) is 0.860. The lowest BCUT2D eigenvalue weighted by Gasteiger charge is -2.35. The van der Waals surface area contributed by atoms with E-state index in [9.17, 15) is 9.59 Å². The monoisotopic (exact) mass is 382 g/mol. The Labute approximate surface area is 164 Å². The van der Waals surface area contributed by atoms with Gasteiger partial charge in [0.1, 0.15) is 6.54 Å². The smallest absolute Gasteiger partial charge is 0.348 e. The molecule has 7 nitrogen and oxygen atoms in total. The van der Waals surface area contributed by atoms with Crippen molar-refractivity contribution in [3.63, 3.8) is 0 Å². The molecule has 0 bridgehead atoms. The fraction of sp³-hybridized carbons (Fsp3) is 0.476. The number of ether oxygens (including phenoxy) is 1. The molecule has 28 heavy (non-hydrogen) atoms. The SMILES string of the molecule is Cc1cc(C)n(CC(=O)N[C@H]2C[C@H]3CO[C@@H](c4ccccc4)CN3C2)c(=O)n1. The van der Waals surface area contributed by atoms with E-state index in [1.807, 2.05) is 31.2 Å². The number of aryl methyl sites for hydroxylation is 2. The third-order valence-corrected chi connectivity index (χ3v) is 5.60. The molecule has 4 rings (SSSR count). The van der Waals surface area contributed by atoms with E-state index in [-0.39, 0.29) is 30.3 Å². The molecular weight excluding hydrogens is 356 g/mol. The molecule has 0 spiro atoms. The second-order valence-corrected chi connectivity index (χ2v) is 7.75. The van der Waals surface area contributed by atoms with Crippen LogP contribution in [0.2, 0.25) is 0 Å². The maximum absolute atomic E-state index is 12.5. The topological polar surface area (TPSA) is 76.5 Å². The Morgan fingerprint density at radius 3 is 2.79 bits per heavy atom. The van der Waals surface area contributed by atoms with Gasteiger partial charge in [0.05, 0.1) is 12.7 Å². The minimum absolute atomic E-state index is 0.00224. The molecule has 2 aliphatic heterocycles. The minimum Gasteiger partial charge on any atom is -0.371 e. The molecule has 7 heteroatoms. The van der Waals surface area contributed by atoms with Gasteiger partial charge in [0, 0.05) is 36.6 Å². The average molecular weight is 382 g/mol. The summed E-state index contributed by atoms with van der Waals surface area (Å²) in [4.78, 5) is 30.9. The average Bonchev–Trinajstić information content (AvgIpc) is 3.06. The summed E-state index contributed by atoms with van der Waals surface area (Å²) in [6, 6.07) is 12.5. The molecule has 0 radical (unpaired) electrons. The Kier molecular flexibility index (Phi) is 5.28. The van der Waals surface area contributed by atoms with Crippen molar-refractivity contribution in [2.45, 2.75) is 45.0 Å². The number of rotatable bonds is 4. The number of benzene rings is 1. The van der Waals surface area contributed by atoms with E-state index in [2.05, 4.69) is 27.3 Å². The van der Waals surface area contributed by atoms with E-state index in [0.717, 1.165) is 25.2 Å². The number of hydrogen-bond acceptors (Lipinski definition) is 5. The number of nitrogens with one attached hydrogen (secondary N) is 1. The second kappa shape index (κ2) is 7.85. The minimum atomic E-state index is -0.379. The van der Waals surface area contributed by atoms with Crippen molar-refractivity contribution >= 4 is 5.91 Å². The van der Waals surface area contributed by atoms with Crippen molar-refractivity contribution in [2.24, 2.45) is 0 Å². The first-order valence-electron chi connectivity index (χ1n) is 9.74. The van der Waals surface area contributed by atoms with Gasteiger partial charge in [-0.05, 0) is 31.9 Å². The van der Waals surface area contributed by atoms with E-state index in [1.54, 1.807) is 6.92 Å². The van der Waals surface area contributed by atoms with Crippen molar-refractivity contribution in [2.75, 3.05) is 19.7 Å². The third-order valence-electron chi connectivity index (χ3n) is 5.60. The predicted octanol–water partition coefficient (Wildman–Crippen LogP) is 1.19. The number of nitrogens with zero attached hydrogens (tertiary/aromatic N) is 3. The highest BCUT2D eigenvalue weighted by Gasteiger charge is 2.38. The molecule has 0 unspecified atom stereocenters. The number of hydrogen-bond donors (Lipinski definition) is 1. The van der Waals surface area contributed by atoms with E-state index >= 15 is 0 Å². The van der Waals surface area contributed by atoms with Crippen LogP contribution in [-0.2, 0) is 16.1 Å². The largest absolute Gasteiger partial charge is 0.371 e. The summed E-state index contributed by atoms with van der Waals surface area (Å²) in [7, 11) is 0. The third kappa shape index (κ3) is 4.00. The van der Waals surface area contributed by atoms with Crippen molar-refractivity contribution in [1.29, 1.82) is 0 Å². The fourth-order valence-corrected chi connectivity index (χ4v) is 4.23. The van der Waals surface area contributed by atoms with Gasteiger partial charge in [0.15, 0.2) is 0 Å². The zero-order valence-corrected chi connectivity index (χ0v) is 16.3. The van der Waals surface area contributed by atoms with Crippen LogP contribution in [0.15, 0.2) is 41.2 Å². The molecule has 3 heterocycles. The van der Waals surface area contributed by atoms with Crippen molar-refractivity contribution in [3.8, 4) is 0 Å². The van der Waals surface area contributed by atoms with Crippen LogP contribution in [0.4, 0.5) is 0 Å². The van der Waals surface area contributed by atoms with Gasteiger partial charge in [0.2, 0.25) is 5.91 Å². The molecule has 0 saturated carbocycles. The van der Waals surface area contributed by atoms with Gasteiger partial charge in [-0.1, -0.05) is 30.3 Å². The number of morpholine rings is 1. The van der Waals surface area contributed by atoms with Crippen molar-refractivity contribution < 1.29 is 9.53 Å². The first-order chi connectivity index (χ1) is 13.5. The summed E-state index contributed by atoms with van der Waals surface area (Å²) in [6.45, 7) is 5.91.